The van der Waals surface area contributed by atoms with Gasteiger partial charge in [-0.05, 0) is 0 Å². The first-order valence-electron chi connectivity index (χ1n) is 3.04. The standard InChI is InChI=1S/C6F6O2/c7-1-2(8)4(14)6(11,12)5(9,10)3(1)13. The van der Waals surface area contributed by atoms with Gasteiger partial charge in [0.05, 0.1) is 0 Å². The Morgan fingerprint density at radius 2 is 0.929 bits per heavy atom. The van der Waals surface area contributed by atoms with E-state index in [9.17, 15) is 35.9 Å². The van der Waals surface area contributed by atoms with Crippen LogP contribution >= 0.6 is 0 Å². The van der Waals surface area contributed by atoms with E-state index in [4.69, 9.17) is 0 Å². The molecule has 1 rings (SSSR count). The van der Waals surface area contributed by atoms with Gasteiger partial charge in [-0.15, -0.1) is 0 Å². The number of allylic oxidation sites excluding steroid dienone is 2. The fourth-order valence-electron chi connectivity index (χ4n) is 0.760. The van der Waals surface area contributed by atoms with Crippen LogP contribution in [0, 0.1) is 0 Å². The number of hydrogen-bond acceptors (Lipinski definition) is 2. The van der Waals surface area contributed by atoms with Gasteiger partial charge in [-0.1, -0.05) is 0 Å². The number of hydrogen-bond donors (Lipinski definition) is 0. The van der Waals surface area contributed by atoms with E-state index >= 15 is 0 Å². The normalized spacial score (nSPS) is 25.6. The van der Waals surface area contributed by atoms with Crippen molar-refractivity contribution in [3.8, 4) is 0 Å². The highest BCUT2D eigenvalue weighted by molar-refractivity contribution is 6.16. The van der Waals surface area contributed by atoms with Gasteiger partial charge >= 0.3 is 11.8 Å². The first-order chi connectivity index (χ1) is 6.14. The minimum atomic E-state index is -5.54. The molecule has 0 aromatic heterocycles. The summed E-state index contributed by atoms with van der Waals surface area (Å²) in [5, 5.41) is 0. The van der Waals surface area contributed by atoms with E-state index in [1.807, 2.05) is 0 Å². The third-order valence-corrected chi connectivity index (χ3v) is 1.56. The quantitative estimate of drug-likeness (QED) is 0.578. The molecule has 1 aliphatic rings. The van der Waals surface area contributed by atoms with Crippen molar-refractivity contribution in [1.82, 2.24) is 0 Å². The highest BCUT2D eigenvalue weighted by atomic mass is 19.3. The third kappa shape index (κ3) is 0.992. The highest BCUT2D eigenvalue weighted by Gasteiger charge is 2.71. The molecule has 2 nitrogen and oxygen atoms in total. The van der Waals surface area contributed by atoms with Gasteiger partial charge in [-0.2, -0.15) is 26.3 Å². The van der Waals surface area contributed by atoms with Crippen LogP contribution < -0.4 is 0 Å². The Morgan fingerprint density at radius 1 is 0.714 bits per heavy atom. The molecule has 0 N–H and O–H groups in total. The van der Waals surface area contributed by atoms with Gasteiger partial charge in [0.25, 0.3) is 11.6 Å². The largest absolute Gasteiger partial charge is 0.382 e. The molecule has 0 atom stereocenters. The summed E-state index contributed by atoms with van der Waals surface area (Å²) in [5.41, 5.74) is 0. The summed E-state index contributed by atoms with van der Waals surface area (Å²) in [6.07, 6.45) is 0. The van der Waals surface area contributed by atoms with Gasteiger partial charge in [-0.3, -0.25) is 9.59 Å². The predicted molar refractivity (Wildman–Crippen MR) is 29.2 cm³/mol. The lowest BCUT2D eigenvalue weighted by Crippen LogP contribution is -2.56. The number of halogens is 6. The molecule has 0 spiro atoms. The van der Waals surface area contributed by atoms with Crippen molar-refractivity contribution in [2.24, 2.45) is 0 Å². The smallest absolute Gasteiger partial charge is 0.284 e. The van der Waals surface area contributed by atoms with Crippen LogP contribution in [-0.4, -0.2) is 23.4 Å². The first kappa shape index (κ1) is 10.7. The van der Waals surface area contributed by atoms with E-state index in [0.29, 0.717) is 0 Å². The van der Waals surface area contributed by atoms with Crippen LogP contribution in [-0.2, 0) is 9.59 Å². The molecule has 14 heavy (non-hydrogen) atoms. The average Bonchev–Trinajstić information content (AvgIpc) is 2.10. The van der Waals surface area contributed by atoms with Crippen LogP contribution in [0.3, 0.4) is 0 Å². The Labute approximate surface area is 72.2 Å². The molecule has 0 saturated heterocycles. The maximum Gasteiger partial charge on any atom is 0.382 e. The van der Waals surface area contributed by atoms with E-state index in [-0.39, 0.29) is 0 Å². The maximum atomic E-state index is 12.3. The lowest BCUT2D eigenvalue weighted by Gasteiger charge is -2.26. The molecule has 0 heterocycles. The molecule has 0 bridgehead atoms. The minimum Gasteiger partial charge on any atom is -0.284 e. The van der Waals surface area contributed by atoms with E-state index < -0.39 is 35.1 Å². The maximum absolute atomic E-state index is 12.3. The van der Waals surface area contributed by atoms with Gasteiger partial charge in [0, 0.05) is 0 Å². The summed E-state index contributed by atoms with van der Waals surface area (Å²) in [4.78, 5) is 20.3. The zero-order valence-electron chi connectivity index (χ0n) is 6.08. The van der Waals surface area contributed by atoms with Gasteiger partial charge in [-0.25, -0.2) is 0 Å². The van der Waals surface area contributed by atoms with Crippen LogP contribution in [0.5, 0.6) is 0 Å². The third-order valence-electron chi connectivity index (χ3n) is 1.56. The molecule has 0 aromatic rings. The monoisotopic (exact) mass is 218 g/mol. The molecular formula is C6F6O2. The van der Waals surface area contributed by atoms with Crippen molar-refractivity contribution in [3.63, 3.8) is 0 Å². The molecule has 1 aliphatic carbocycles. The number of carbonyl (C=O) groups excluding carboxylic acids is 2. The van der Waals surface area contributed by atoms with Crippen LogP contribution in [0.15, 0.2) is 11.7 Å². The Bertz CT molecular complexity index is 321. The Balaban J connectivity index is 3.47. The molecule has 0 amide bonds. The van der Waals surface area contributed by atoms with Gasteiger partial charge < -0.3 is 0 Å². The van der Waals surface area contributed by atoms with Crippen molar-refractivity contribution in [2.45, 2.75) is 11.8 Å². The van der Waals surface area contributed by atoms with Crippen LogP contribution in [0.4, 0.5) is 26.3 Å². The summed E-state index contributed by atoms with van der Waals surface area (Å²) < 4.78 is 73.5. The molecule has 0 unspecified atom stereocenters. The van der Waals surface area contributed by atoms with Gasteiger partial charge in [0.2, 0.25) is 11.7 Å². The summed E-state index contributed by atoms with van der Waals surface area (Å²) >= 11 is 0. The second-order valence-corrected chi connectivity index (χ2v) is 2.43. The first-order valence-corrected chi connectivity index (χ1v) is 3.04. The van der Waals surface area contributed by atoms with E-state index in [1.54, 1.807) is 0 Å². The van der Waals surface area contributed by atoms with E-state index in [2.05, 4.69) is 0 Å². The van der Waals surface area contributed by atoms with Crippen LogP contribution in [0.1, 0.15) is 0 Å². The van der Waals surface area contributed by atoms with Crippen molar-refractivity contribution < 1.29 is 35.9 Å². The molecule has 8 heteroatoms. The summed E-state index contributed by atoms with van der Waals surface area (Å²) in [7, 11) is 0. The summed E-state index contributed by atoms with van der Waals surface area (Å²) in [6, 6.07) is 0. The topological polar surface area (TPSA) is 34.1 Å². The highest BCUT2D eigenvalue weighted by Crippen LogP contribution is 2.43. The molecule has 78 valence electrons. The van der Waals surface area contributed by atoms with Crippen molar-refractivity contribution in [3.05, 3.63) is 11.7 Å². The number of alkyl halides is 4. The fourth-order valence-corrected chi connectivity index (χ4v) is 0.760. The molecule has 0 aliphatic heterocycles. The summed E-state index contributed by atoms with van der Waals surface area (Å²) in [6.45, 7) is 0. The second kappa shape index (κ2) is 2.58. The number of Topliss-reactive ketones (excluding diaryl/α,β-unsaturated/α-hetero) is 2. The van der Waals surface area contributed by atoms with Crippen molar-refractivity contribution in [1.29, 1.82) is 0 Å². The fraction of sp³-hybridized carbons (Fsp3) is 0.333. The van der Waals surface area contributed by atoms with Crippen LogP contribution in [0.2, 0.25) is 0 Å². The van der Waals surface area contributed by atoms with Crippen molar-refractivity contribution >= 4 is 11.6 Å². The predicted octanol–water partition coefficient (Wildman–Crippen LogP) is 1.56. The Morgan fingerprint density at radius 3 is 1.14 bits per heavy atom. The zero-order chi connectivity index (χ0) is 11.3. The number of ketones is 2. The Hall–Kier alpha value is -1.34. The lowest BCUT2D eigenvalue weighted by atomic mass is 9.95. The van der Waals surface area contributed by atoms with Gasteiger partial charge in [0.15, 0.2) is 0 Å². The average molecular weight is 218 g/mol. The lowest BCUT2D eigenvalue weighted by molar-refractivity contribution is -0.208. The zero-order valence-corrected chi connectivity index (χ0v) is 6.08. The number of carbonyl (C=O) groups is 2. The van der Waals surface area contributed by atoms with Crippen molar-refractivity contribution in [2.75, 3.05) is 0 Å². The SMILES string of the molecule is O=C1C(F)=C(F)C(=O)C(F)(F)C1(F)F. The molecule has 0 aromatic carbocycles. The minimum absolute atomic E-state index is 2.77. The molecule has 0 saturated carbocycles. The summed E-state index contributed by atoms with van der Waals surface area (Å²) in [5.74, 6) is -22.7. The molecule has 0 fully saturated rings. The van der Waals surface area contributed by atoms with E-state index in [1.165, 1.54) is 0 Å². The van der Waals surface area contributed by atoms with Crippen LogP contribution in [0.25, 0.3) is 0 Å². The number of rotatable bonds is 0. The molecule has 0 radical (unpaired) electrons. The second-order valence-electron chi connectivity index (χ2n) is 2.43. The molecular weight excluding hydrogens is 218 g/mol. The van der Waals surface area contributed by atoms with Gasteiger partial charge in [0.1, 0.15) is 0 Å². The Kier molecular flexibility index (Phi) is 1.98. The van der Waals surface area contributed by atoms with E-state index in [0.717, 1.165) is 0 Å².